The smallest absolute Gasteiger partial charge is 0.276 e. The van der Waals surface area contributed by atoms with Crippen LogP contribution in [0.15, 0.2) is 64.9 Å². The largest absolute Gasteiger partial charge is 0.497 e. The summed E-state index contributed by atoms with van der Waals surface area (Å²) in [4.78, 5) is 15.1. The Labute approximate surface area is 161 Å². The molecule has 0 aliphatic carbocycles. The molecule has 0 spiro atoms. The van der Waals surface area contributed by atoms with Crippen molar-refractivity contribution < 1.29 is 17.9 Å². The Hall–Kier alpha value is -2.68. The molecule has 1 amide bonds. The van der Waals surface area contributed by atoms with E-state index in [-0.39, 0.29) is 4.90 Å². The van der Waals surface area contributed by atoms with Crippen molar-refractivity contribution in [2.45, 2.75) is 11.8 Å². The van der Waals surface area contributed by atoms with Crippen LogP contribution in [-0.2, 0) is 10.0 Å². The van der Waals surface area contributed by atoms with Crippen LogP contribution in [0, 0.1) is 6.92 Å². The Bertz CT molecular complexity index is 1040. The normalized spacial score (nSPS) is 11.2. The van der Waals surface area contributed by atoms with Gasteiger partial charge in [-0.3, -0.25) is 10.2 Å². The van der Waals surface area contributed by atoms with Gasteiger partial charge in [0.05, 0.1) is 12.0 Å². The number of nitrogens with one attached hydrogen (secondary N) is 2. The highest BCUT2D eigenvalue weighted by Crippen LogP contribution is 2.28. The molecule has 0 bridgehead atoms. The zero-order chi connectivity index (χ0) is 19.4. The van der Waals surface area contributed by atoms with E-state index in [1.807, 2.05) is 37.3 Å². The van der Waals surface area contributed by atoms with E-state index in [2.05, 4.69) is 10.3 Å². The van der Waals surface area contributed by atoms with Gasteiger partial charge in [0, 0.05) is 5.56 Å². The van der Waals surface area contributed by atoms with Crippen molar-refractivity contribution in [3.63, 3.8) is 0 Å². The molecule has 0 atom stereocenters. The first-order valence-electron chi connectivity index (χ1n) is 8.01. The van der Waals surface area contributed by atoms with Crippen LogP contribution in [0.3, 0.4) is 0 Å². The van der Waals surface area contributed by atoms with Gasteiger partial charge in [0.25, 0.3) is 15.9 Å². The van der Waals surface area contributed by atoms with Gasteiger partial charge in [0.1, 0.15) is 10.6 Å². The first-order valence-corrected chi connectivity index (χ1v) is 10.4. The minimum atomic E-state index is -3.89. The minimum Gasteiger partial charge on any atom is -0.497 e. The van der Waals surface area contributed by atoms with Gasteiger partial charge in [-0.2, -0.15) is 0 Å². The van der Waals surface area contributed by atoms with Gasteiger partial charge >= 0.3 is 0 Å². The molecule has 3 rings (SSSR count). The topological polar surface area (TPSA) is 84.5 Å². The number of methoxy groups -OCH3 is 1. The van der Waals surface area contributed by atoms with Gasteiger partial charge in [-0.25, -0.2) is 8.42 Å². The van der Waals surface area contributed by atoms with Crippen LogP contribution >= 0.6 is 11.3 Å². The average Bonchev–Trinajstić information content (AvgIpc) is 3.17. The first-order chi connectivity index (χ1) is 12.9. The highest BCUT2D eigenvalue weighted by atomic mass is 32.2. The molecule has 2 N–H and O–H groups in total. The van der Waals surface area contributed by atoms with Crippen LogP contribution in [0.1, 0.15) is 15.2 Å². The molecule has 0 unspecified atom stereocenters. The number of thiophene rings is 1. The van der Waals surface area contributed by atoms with E-state index < -0.39 is 15.9 Å². The summed E-state index contributed by atoms with van der Waals surface area (Å²) in [6.07, 6.45) is 0. The van der Waals surface area contributed by atoms with Gasteiger partial charge in [-0.05, 0) is 48.2 Å². The molecule has 6 nitrogen and oxygen atoms in total. The van der Waals surface area contributed by atoms with E-state index >= 15 is 0 Å². The van der Waals surface area contributed by atoms with Gasteiger partial charge in [-0.1, -0.05) is 29.8 Å². The Morgan fingerprint density at radius 3 is 2.30 bits per heavy atom. The molecule has 1 aromatic heterocycles. The van der Waals surface area contributed by atoms with Crippen molar-refractivity contribution in [1.29, 1.82) is 0 Å². The van der Waals surface area contributed by atoms with E-state index in [1.165, 1.54) is 42.7 Å². The third kappa shape index (κ3) is 4.36. The number of carbonyl (C=O) groups excluding carboxylic acids is 1. The van der Waals surface area contributed by atoms with Crippen molar-refractivity contribution in [2.24, 2.45) is 0 Å². The quantitative estimate of drug-likeness (QED) is 0.619. The molecule has 0 fully saturated rings. The van der Waals surface area contributed by atoms with Crippen molar-refractivity contribution in [3.05, 3.63) is 70.4 Å². The fourth-order valence-corrected chi connectivity index (χ4v) is 4.08. The molecule has 3 aromatic rings. The molecule has 1 heterocycles. The number of benzene rings is 2. The highest BCUT2D eigenvalue weighted by molar-refractivity contribution is 7.89. The van der Waals surface area contributed by atoms with Crippen LogP contribution in [0.4, 0.5) is 0 Å². The molecular weight excluding hydrogens is 384 g/mol. The first kappa shape index (κ1) is 19.1. The molecule has 2 aromatic carbocycles. The highest BCUT2D eigenvalue weighted by Gasteiger charge is 2.19. The van der Waals surface area contributed by atoms with E-state index in [0.717, 1.165) is 16.7 Å². The van der Waals surface area contributed by atoms with Gasteiger partial charge < -0.3 is 4.74 Å². The lowest BCUT2D eigenvalue weighted by atomic mass is 10.1. The second kappa shape index (κ2) is 7.91. The van der Waals surface area contributed by atoms with Crippen LogP contribution in [0.2, 0.25) is 0 Å². The summed E-state index contributed by atoms with van der Waals surface area (Å²) in [5, 5.41) is 1.79. The van der Waals surface area contributed by atoms with Crippen molar-refractivity contribution in [3.8, 4) is 16.9 Å². The number of hydrogen-bond donors (Lipinski definition) is 2. The van der Waals surface area contributed by atoms with E-state index in [0.29, 0.717) is 10.6 Å². The number of sulfonamides is 1. The van der Waals surface area contributed by atoms with Crippen molar-refractivity contribution in [1.82, 2.24) is 10.3 Å². The van der Waals surface area contributed by atoms with Gasteiger partial charge in [0.15, 0.2) is 0 Å². The molecule has 140 valence electrons. The Kier molecular flexibility index (Phi) is 5.59. The number of hydrogen-bond acceptors (Lipinski definition) is 5. The lowest BCUT2D eigenvalue weighted by Gasteiger charge is -2.09. The van der Waals surface area contributed by atoms with E-state index in [4.69, 9.17) is 4.74 Å². The summed E-state index contributed by atoms with van der Waals surface area (Å²) in [6.45, 7) is 1.99. The molecule has 27 heavy (non-hydrogen) atoms. The Morgan fingerprint density at radius 1 is 1.00 bits per heavy atom. The third-order valence-electron chi connectivity index (χ3n) is 3.90. The number of rotatable bonds is 6. The number of ether oxygens (including phenoxy) is 1. The zero-order valence-corrected chi connectivity index (χ0v) is 16.4. The maximum atomic E-state index is 12.5. The predicted octanol–water partition coefficient (Wildman–Crippen LogP) is 3.36. The predicted molar refractivity (Wildman–Crippen MR) is 105 cm³/mol. The van der Waals surface area contributed by atoms with Gasteiger partial charge in [0.2, 0.25) is 0 Å². The fraction of sp³-hybridized carbons (Fsp3) is 0.105. The summed E-state index contributed by atoms with van der Waals surface area (Å²) in [5.41, 5.74) is 5.04. The lowest BCUT2D eigenvalue weighted by molar-refractivity contribution is 0.0950. The number of amides is 1. The zero-order valence-electron chi connectivity index (χ0n) is 14.7. The summed E-state index contributed by atoms with van der Waals surface area (Å²) in [6, 6.07) is 15.5. The van der Waals surface area contributed by atoms with Gasteiger partial charge in [-0.15, -0.1) is 16.2 Å². The van der Waals surface area contributed by atoms with Crippen LogP contribution < -0.4 is 15.0 Å². The molecule has 0 saturated heterocycles. The molecule has 0 aliphatic rings. The Balaban J connectivity index is 1.74. The summed E-state index contributed by atoms with van der Waals surface area (Å²) in [7, 11) is -2.39. The SMILES string of the molecule is COc1ccc(S(=O)(=O)NNC(=O)c2sccc2-c2ccc(C)cc2)cc1. The fourth-order valence-electron chi connectivity index (χ4n) is 2.43. The monoisotopic (exact) mass is 402 g/mol. The minimum absolute atomic E-state index is 0.0218. The van der Waals surface area contributed by atoms with Crippen LogP contribution in [0.25, 0.3) is 11.1 Å². The maximum absolute atomic E-state index is 12.5. The number of hydrazine groups is 1. The second-order valence-electron chi connectivity index (χ2n) is 5.76. The van der Waals surface area contributed by atoms with E-state index in [9.17, 15) is 13.2 Å². The molecule has 0 saturated carbocycles. The molecular formula is C19H18N2O4S2. The van der Waals surface area contributed by atoms with Crippen molar-refractivity contribution in [2.75, 3.05) is 7.11 Å². The van der Waals surface area contributed by atoms with Crippen LogP contribution in [0.5, 0.6) is 5.75 Å². The van der Waals surface area contributed by atoms with E-state index in [1.54, 1.807) is 5.38 Å². The summed E-state index contributed by atoms with van der Waals surface area (Å²) in [5.74, 6) is 0.0250. The molecule has 0 aliphatic heterocycles. The molecule has 0 radical (unpaired) electrons. The maximum Gasteiger partial charge on any atom is 0.276 e. The number of carbonyl (C=O) groups is 1. The summed E-state index contributed by atoms with van der Waals surface area (Å²) < 4.78 is 29.7. The van der Waals surface area contributed by atoms with Crippen LogP contribution in [-0.4, -0.2) is 21.4 Å². The summed E-state index contributed by atoms with van der Waals surface area (Å²) >= 11 is 1.24. The third-order valence-corrected chi connectivity index (χ3v) is 6.08. The average molecular weight is 402 g/mol. The van der Waals surface area contributed by atoms with Crippen molar-refractivity contribution >= 4 is 27.3 Å². The second-order valence-corrected chi connectivity index (χ2v) is 8.36. The molecule has 8 heteroatoms. The number of aryl methyl sites for hydroxylation is 1. The standard InChI is InChI=1S/C19H18N2O4S2/c1-13-3-5-14(6-4-13)17-11-12-26-18(17)19(22)20-21-27(23,24)16-9-7-15(25-2)8-10-16/h3-12,21H,1-2H3,(H,20,22). The lowest BCUT2D eigenvalue weighted by Crippen LogP contribution is -2.41. The Morgan fingerprint density at radius 2 is 1.67 bits per heavy atom.